The lowest BCUT2D eigenvalue weighted by molar-refractivity contribution is -0.131. The van der Waals surface area contributed by atoms with Gasteiger partial charge < -0.3 is 9.32 Å². The van der Waals surface area contributed by atoms with E-state index in [2.05, 4.69) is 10.4 Å². The van der Waals surface area contributed by atoms with Gasteiger partial charge in [-0.1, -0.05) is 18.2 Å². The summed E-state index contributed by atoms with van der Waals surface area (Å²) in [7, 11) is 1.65. The van der Waals surface area contributed by atoms with Gasteiger partial charge in [-0.15, -0.1) is 0 Å². The van der Waals surface area contributed by atoms with Crippen molar-refractivity contribution in [2.45, 2.75) is 20.0 Å². The van der Waals surface area contributed by atoms with Gasteiger partial charge in [0.25, 0.3) is 0 Å². The largest absolute Gasteiger partial charge is 0.464 e. The zero-order chi connectivity index (χ0) is 17.1. The third-order valence-electron chi connectivity index (χ3n) is 3.54. The molecule has 0 radical (unpaired) electrons. The zero-order valence-electron chi connectivity index (χ0n) is 13.4. The van der Waals surface area contributed by atoms with Crippen molar-refractivity contribution in [2.24, 2.45) is 0 Å². The lowest BCUT2D eigenvalue weighted by Crippen LogP contribution is -2.34. The number of carbonyl (C=O) groups is 1. The lowest BCUT2D eigenvalue weighted by Gasteiger charge is -2.14. The summed E-state index contributed by atoms with van der Waals surface area (Å²) in [6, 6.07) is 12.6. The number of amides is 1. The van der Waals surface area contributed by atoms with Crippen LogP contribution in [0.3, 0.4) is 0 Å². The maximum atomic E-state index is 12.3. The number of aromatic nitrogens is 4. The highest BCUT2D eigenvalue weighted by Gasteiger charge is 2.16. The fraction of sp³-hybridized carbons (Fsp3) is 0.250. The fourth-order valence-electron chi connectivity index (χ4n) is 2.25. The summed E-state index contributed by atoms with van der Waals surface area (Å²) < 4.78 is 7.64. The molecular formula is C16H17N5O3. The quantitative estimate of drug-likeness (QED) is 0.697. The molecule has 124 valence electrons. The van der Waals surface area contributed by atoms with Crippen LogP contribution >= 0.6 is 0 Å². The molecule has 2 aromatic heterocycles. The van der Waals surface area contributed by atoms with Crippen LogP contribution in [0.25, 0.3) is 5.69 Å². The molecule has 0 N–H and O–H groups in total. The third kappa shape index (κ3) is 3.27. The van der Waals surface area contributed by atoms with Crippen molar-refractivity contribution < 1.29 is 9.21 Å². The summed E-state index contributed by atoms with van der Waals surface area (Å²) in [5.74, 6) is 1.21. The summed E-state index contributed by atoms with van der Waals surface area (Å²) >= 11 is 0. The van der Waals surface area contributed by atoms with Gasteiger partial charge in [0.2, 0.25) is 5.91 Å². The van der Waals surface area contributed by atoms with Gasteiger partial charge in [-0.25, -0.2) is 4.79 Å². The minimum absolute atomic E-state index is 0.179. The number of furan rings is 1. The predicted molar refractivity (Wildman–Crippen MR) is 85.5 cm³/mol. The van der Waals surface area contributed by atoms with E-state index in [9.17, 15) is 9.59 Å². The van der Waals surface area contributed by atoms with Gasteiger partial charge in [0.1, 0.15) is 18.1 Å². The van der Waals surface area contributed by atoms with E-state index in [4.69, 9.17) is 4.42 Å². The highest BCUT2D eigenvalue weighted by atomic mass is 16.3. The molecule has 8 nitrogen and oxygen atoms in total. The van der Waals surface area contributed by atoms with Crippen molar-refractivity contribution in [3.8, 4) is 5.69 Å². The van der Waals surface area contributed by atoms with Crippen LogP contribution in [-0.2, 0) is 17.9 Å². The first kappa shape index (κ1) is 15.7. The number of tetrazole rings is 1. The molecule has 8 heteroatoms. The molecule has 0 saturated carbocycles. The van der Waals surface area contributed by atoms with Crippen molar-refractivity contribution >= 4 is 5.91 Å². The molecule has 3 aromatic rings. The van der Waals surface area contributed by atoms with Crippen LogP contribution in [0.1, 0.15) is 11.5 Å². The minimum Gasteiger partial charge on any atom is -0.464 e. The molecular weight excluding hydrogens is 310 g/mol. The first-order valence-electron chi connectivity index (χ1n) is 7.42. The number of carbonyl (C=O) groups excluding carboxylic acids is 1. The van der Waals surface area contributed by atoms with Gasteiger partial charge in [0, 0.05) is 7.05 Å². The van der Waals surface area contributed by atoms with E-state index in [1.165, 1.54) is 4.90 Å². The van der Waals surface area contributed by atoms with Crippen molar-refractivity contribution in [3.63, 3.8) is 0 Å². The molecule has 2 heterocycles. The van der Waals surface area contributed by atoms with Crippen molar-refractivity contribution in [2.75, 3.05) is 7.05 Å². The van der Waals surface area contributed by atoms with Gasteiger partial charge >= 0.3 is 5.69 Å². The van der Waals surface area contributed by atoms with Crippen LogP contribution in [0.4, 0.5) is 0 Å². The van der Waals surface area contributed by atoms with E-state index < -0.39 is 5.69 Å². The fourth-order valence-corrected chi connectivity index (χ4v) is 2.25. The smallest absolute Gasteiger partial charge is 0.368 e. The second-order valence-corrected chi connectivity index (χ2v) is 5.43. The number of likely N-dealkylation sites (N-methyl/N-ethyl adjacent to an activating group) is 1. The number of rotatable bonds is 5. The Morgan fingerprint density at radius 2 is 1.92 bits per heavy atom. The SMILES string of the molecule is Cc1ccc(CN(C)C(=O)Cn2nnn(-c3ccccc3)c2=O)o1. The van der Waals surface area contributed by atoms with E-state index in [0.29, 0.717) is 18.0 Å². The maximum Gasteiger partial charge on any atom is 0.368 e. The molecule has 0 atom stereocenters. The molecule has 1 amide bonds. The Morgan fingerprint density at radius 1 is 1.17 bits per heavy atom. The van der Waals surface area contributed by atoms with Crippen LogP contribution in [0.2, 0.25) is 0 Å². The van der Waals surface area contributed by atoms with E-state index in [-0.39, 0.29) is 12.5 Å². The van der Waals surface area contributed by atoms with Crippen LogP contribution in [0.15, 0.2) is 51.7 Å². The number of para-hydroxylation sites is 1. The van der Waals surface area contributed by atoms with E-state index in [0.717, 1.165) is 15.1 Å². The molecule has 0 aliphatic carbocycles. The predicted octanol–water partition coefficient (Wildman–Crippen LogP) is 0.989. The van der Waals surface area contributed by atoms with Gasteiger partial charge in [-0.3, -0.25) is 4.79 Å². The summed E-state index contributed by atoms with van der Waals surface area (Å²) in [6.45, 7) is 1.99. The Labute approximate surface area is 137 Å². The minimum atomic E-state index is -0.461. The topological polar surface area (TPSA) is 86.2 Å². The first-order valence-corrected chi connectivity index (χ1v) is 7.42. The van der Waals surface area contributed by atoms with Gasteiger partial charge in [-0.05, 0) is 41.6 Å². The molecule has 0 aliphatic rings. The monoisotopic (exact) mass is 327 g/mol. The lowest BCUT2D eigenvalue weighted by atomic mass is 10.3. The molecule has 3 rings (SSSR count). The molecule has 0 saturated heterocycles. The van der Waals surface area contributed by atoms with Crippen LogP contribution < -0.4 is 5.69 Å². The number of benzene rings is 1. The molecule has 0 bridgehead atoms. The van der Waals surface area contributed by atoms with Crippen molar-refractivity contribution in [1.29, 1.82) is 0 Å². The Balaban J connectivity index is 1.71. The van der Waals surface area contributed by atoms with Gasteiger partial charge in [0.05, 0.1) is 12.2 Å². The van der Waals surface area contributed by atoms with E-state index >= 15 is 0 Å². The van der Waals surface area contributed by atoms with Crippen LogP contribution in [0.5, 0.6) is 0 Å². The number of aryl methyl sites for hydroxylation is 1. The van der Waals surface area contributed by atoms with Crippen LogP contribution in [0, 0.1) is 6.92 Å². The maximum absolute atomic E-state index is 12.3. The van der Waals surface area contributed by atoms with Crippen molar-refractivity contribution in [1.82, 2.24) is 24.7 Å². The summed E-state index contributed by atoms with van der Waals surface area (Å²) in [4.78, 5) is 26.0. The Kier molecular flexibility index (Phi) is 4.28. The van der Waals surface area contributed by atoms with Gasteiger partial charge in [0.15, 0.2) is 0 Å². The average molecular weight is 327 g/mol. The first-order chi connectivity index (χ1) is 11.5. The van der Waals surface area contributed by atoms with Gasteiger partial charge in [-0.2, -0.15) is 9.36 Å². The summed E-state index contributed by atoms with van der Waals surface area (Å²) in [6.07, 6.45) is 0. The summed E-state index contributed by atoms with van der Waals surface area (Å²) in [5.41, 5.74) is 0.136. The van der Waals surface area contributed by atoms with Crippen LogP contribution in [-0.4, -0.2) is 37.6 Å². The highest BCUT2D eigenvalue weighted by molar-refractivity contribution is 5.75. The molecule has 1 aromatic carbocycles. The Hall–Kier alpha value is -3.16. The summed E-state index contributed by atoms with van der Waals surface area (Å²) in [5, 5.41) is 7.59. The normalized spacial score (nSPS) is 10.8. The standard InChI is InChI=1S/C16H17N5O3/c1-12-8-9-14(24-12)10-19(2)15(22)11-20-16(23)21(18-17-20)13-6-4-3-5-7-13/h3-9H,10-11H2,1-2H3. The Morgan fingerprint density at radius 3 is 2.58 bits per heavy atom. The zero-order valence-corrected chi connectivity index (χ0v) is 13.4. The molecule has 24 heavy (non-hydrogen) atoms. The number of hydrogen-bond donors (Lipinski definition) is 0. The third-order valence-corrected chi connectivity index (χ3v) is 3.54. The molecule has 0 aliphatic heterocycles. The highest BCUT2D eigenvalue weighted by Crippen LogP contribution is 2.09. The van der Waals surface area contributed by atoms with E-state index in [1.807, 2.05) is 25.1 Å². The second-order valence-electron chi connectivity index (χ2n) is 5.43. The number of hydrogen-bond acceptors (Lipinski definition) is 5. The second kappa shape index (κ2) is 6.53. The number of nitrogens with zero attached hydrogens (tertiary/aromatic N) is 5. The average Bonchev–Trinajstić information content (AvgIpc) is 3.14. The van der Waals surface area contributed by atoms with Crippen molar-refractivity contribution in [3.05, 3.63) is 64.5 Å². The van der Waals surface area contributed by atoms with E-state index in [1.54, 1.807) is 31.3 Å². The molecule has 0 unspecified atom stereocenters. The molecule has 0 fully saturated rings. The molecule has 0 spiro atoms. The Bertz CT molecular complexity index is 894.